The van der Waals surface area contributed by atoms with Gasteiger partial charge in [-0.1, -0.05) is 6.07 Å². The molecule has 3 fully saturated rings. The van der Waals surface area contributed by atoms with E-state index in [9.17, 15) is 14.0 Å². The lowest BCUT2D eigenvalue weighted by Gasteiger charge is -2.62. The van der Waals surface area contributed by atoms with E-state index in [2.05, 4.69) is 20.6 Å². The van der Waals surface area contributed by atoms with Gasteiger partial charge in [-0.15, -0.1) is 0 Å². The number of carboxylic acids is 1. The largest absolute Gasteiger partial charge is 0.477 e. The van der Waals surface area contributed by atoms with Crippen molar-refractivity contribution in [2.24, 2.45) is 5.92 Å². The van der Waals surface area contributed by atoms with Crippen molar-refractivity contribution in [2.75, 3.05) is 12.4 Å². The summed E-state index contributed by atoms with van der Waals surface area (Å²) in [6, 6.07) is 5.83. The third-order valence-electron chi connectivity index (χ3n) is 6.15. The average molecular weight is 406 g/mol. The van der Waals surface area contributed by atoms with Crippen LogP contribution in [0.4, 0.5) is 10.1 Å². The fourth-order valence-corrected chi connectivity index (χ4v) is 4.45. The quantitative estimate of drug-likeness (QED) is 0.600. The van der Waals surface area contributed by atoms with Crippen LogP contribution < -0.4 is 10.6 Å². The van der Waals surface area contributed by atoms with Gasteiger partial charge < -0.3 is 15.7 Å². The van der Waals surface area contributed by atoms with Crippen LogP contribution in [-0.4, -0.2) is 39.5 Å². The second kappa shape index (κ2) is 6.48. The molecule has 3 saturated carbocycles. The molecule has 2 aromatic heterocycles. The summed E-state index contributed by atoms with van der Waals surface area (Å²) in [5, 5.41) is 15.9. The minimum absolute atomic E-state index is 0.000955. The van der Waals surface area contributed by atoms with E-state index in [1.54, 1.807) is 13.1 Å². The molecule has 0 spiro atoms. The lowest BCUT2D eigenvalue weighted by Crippen LogP contribution is -2.63. The van der Waals surface area contributed by atoms with Crippen molar-refractivity contribution in [3.63, 3.8) is 0 Å². The van der Waals surface area contributed by atoms with E-state index in [1.165, 1.54) is 30.6 Å². The van der Waals surface area contributed by atoms with Crippen molar-refractivity contribution in [1.82, 2.24) is 15.3 Å². The Labute approximate surface area is 171 Å². The molecule has 30 heavy (non-hydrogen) atoms. The zero-order valence-corrected chi connectivity index (χ0v) is 16.2. The second-order valence-corrected chi connectivity index (χ2v) is 8.10. The third kappa shape index (κ3) is 2.79. The van der Waals surface area contributed by atoms with Gasteiger partial charge in [0, 0.05) is 47.6 Å². The Morgan fingerprint density at radius 1 is 1.17 bits per heavy atom. The van der Waals surface area contributed by atoms with Crippen LogP contribution in [0.2, 0.25) is 0 Å². The number of aromatic carboxylic acids is 1. The number of nitrogens with one attached hydrogen (secondary N) is 2. The molecular weight excluding hydrogens is 387 g/mol. The zero-order valence-electron chi connectivity index (χ0n) is 16.2. The first-order chi connectivity index (χ1) is 14.4. The average Bonchev–Trinajstić information content (AvgIpc) is 2.68. The Kier molecular flexibility index (Phi) is 3.99. The maximum Gasteiger partial charge on any atom is 0.354 e. The first-order valence-electron chi connectivity index (χ1n) is 9.71. The van der Waals surface area contributed by atoms with Crippen LogP contribution in [0.15, 0.2) is 36.7 Å². The highest BCUT2D eigenvalue weighted by molar-refractivity contribution is 6.08. The molecule has 0 saturated heterocycles. The van der Waals surface area contributed by atoms with Gasteiger partial charge in [-0.2, -0.15) is 0 Å². The summed E-state index contributed by atoms with van der Waals surface area (Å²) >= 11 is 0. The van der Waals surface area contributed by atoms with Crippen molar-refractivity contribution < 1.29 is 19.1 Å². The molecule has 152 valence electrons. The van der Waals surface area contributed by atoms with E-state index in [4.69, 9.17) is 5.11 Å². The molecule has 2 heterocycles. The fourth-order valence-electron chi connectivity index (χ4n) is 4.45. The molecule has 3 aromatic rings. The Hall–Kier alpha value is -3.55. The SMILES string of the molecule is CNC(=O)c1cnc2cc(F)c(-c3ccc(C(=O)O)nc3)cc2c1NC12CC(C1)C2. The number of benzene rings is 1. The molecule has 3 N–H and O–H groups in total. The number of fused-ring (bicyclic) bond motifs is 1. The van der Waals surface area contributed by atoms with E-state index in [1.807, 2.05) is 0 Å². The van der Waals surface area contributed by atoms with E-state index in [-0.39, 0.29) is 22.7 Å². The van der Waals surface area contributed by atoms with Crippen molar-refractivity contribution in [3.8, 4) is 11.1 Å². The third-order valence-corrected chi connectivity index (χ3v) is 6.15. The number of hydrogen-bond acceptors (Lipinski definition) is 5. The summed E-state index contributed by atoms with van der Waals surface area (Å²) in [5.41, 5.74) is 2.09. The van der Waals surface area contributed by atoms with E-state index in [0.717, 1.165) is 25.2 Å². The number of hydrogen-bond donors (Lipinski definition) is 3. The number of carbonyl (C=O) groups excluding carboxylic acids is 1. The number of rotatable bonds is 5. The first kappa shape index (κ1) is 18.5. The monoisotopic (exact) mass is 406 g/mol. The van der Waals surface area contributed by atoms with Gasteiger partial charge in [0.2, 0.25) is 0 Å². The van der Waals surface area contributed by atoms with Crippen LogP contribution in [0, 0.1) is 11.7 Å². The summed E-state index contributed by atoms with van der Waals surface area (Å²) in [5.74, 6) is -1.16. The maximum absolute atomic E-state index is 14.9. The smallest absolute Gasteiger partial charge is 0.354 e. The van der Waals surface area contributed by atoms with Crippen LogP contribution in [0.5, 0.6) is 0 Å². The van der Waals surface area contributed by atoms with Crippen molar-refractivity contribution in [2.45, 2.75) is 24.8 Å². The highest BCUT2D eigenvalue weighted by Gasteiger charge is 2.56. The number of nitrogens with zero attached hydrogens (tertiary/aromatic N) is 2. The van der Waals surface area contributed by atoms with Gasteiger partial charge in [0.15, 0.2) is 0 Å². The molecule has 8 heteroatoms. The molecule has 2 bridgehead atoms. The second-order valence-electron chi connectivity index (χ2n) is 8.10. The molecule has 0 radical (unpaired) electrons. The van der Waals surface area contributed by atoms with Crippen LogP contribution >= 0.6 is 0 Å². The molecule has 3 aliphatic carbocycles. The predicted molar refractivity (Wildman–Crippen MR) is 109 cm³/mol. The highest BCUT2D eigenvalue weighted by Crippen LogP contribution is 2.59. The Morgan fingerprint density at radius 3 is 2.50 bits per heavy atom. The number of aromatic nitrogens is 2. The zero-order chi connectivity index (χ0) is 21.0. The number of carboxylic acid groups (broad SMARTS) is 1. The van der Waals surface area contributed by atoms with Crippen LogP contribution in [0.1, 0.15) is 40.1 Å². The normalized spacial score (nSPS) is 21.5. The van der Waals surface area contributed by atoms with Crippen molar-refractivity contribution >= 4 is 28.5 Å². The summed E-state index contributed by atoms with van der Waals surface area (Å²) in [6.45, 7) is 0. The van der Waals surface area contributed by atoms with Crippen LogP contribution in [-0.2, 0) is 0 Å². The van der Waals surface area contributed by atoms with E-state index in [0.29, 0.717) is 27.7 Å². The number of halogens is 1. The van der Waals surface area contributed by atoms with Gasteiger partial charge in [0.25, 0.3) is 5.91 Å². The van der Waals surface area contributed by atoms with Gasteiger partial charge in [0.1, 0.15) is 11.5 Å². The Morgan fingerprint density at radius 2 is 1.93 bits per heavy atom. The van der Waals surface area contributed by atoms with Gasteiger partial charge in [0.05, 0.1) is 16.8 Å². The van der Waals surface area contributed by atoms with E-state index >= 15 is 0 Å². The molecular formula is C22H19FN4O3. The minimum Gasteiger partial charge on any atom is -0.477 e. The summed E-state index contributed by atoms with van der Waals surface area (Å²) in [7, 11) is 1.56. The molecule has 0 unspecified atom stereocenters. The Balaban J connectivity index is 1.66. The van der Waals surface area contributed by atoms with Crippen LogP contribution in [0.3, 0.4) is 0 Å². The molecule has 0 atom stereocenters. The molecule has 0 aliphatic heterocycles. The van der Waals surface area contributed by atoms with Gasteiger partial charge in [-0.25, -0.2) is 14.2 Å². The van der Waals surface area contributed by atoms with E-state index < -0.39 is 11.8 Å². The lowest BCUT2D eigenvalue weighted by atomic mass is 9.50. The minimum atomic E-state index is -1.15. The first-order valence-corrected chi connectivity index (χ1v) is 9.71. The molecule has 7 nitrogen and oxygen atoms in total. The summed E-state index contributed by atoms with van der Waals surface area (Å²) < 4.78 is 14.9. The number of amides is 1. The number of anilines is 1. The van der Waals surface area contributed by atoms with Gasteiger partial charge >= 0.3 is 5.97 Å². The maximum atomic E-state index is 14.9. The number of pyridine rings is 2. The number of carbonyl (C=O) groups is 2. The van der Waals surface area contributed by atoms with Crippen molar-refractivity contribution in [3.05, 3.63) is 53.7 Å². The Bertz CT molecular complexity index is 1190. The highest BCUT2D eigenvalue weighted by atomic mass is 19.1. The van der Waals surface area contributed by atoms with Gasteiger partial charge in [-0.3, -0.25) is 9.78 Å². The lowest BCUT2D eigenvalue weighted by molar-refractivity contribution is 0.00220. The summed E-state index contributed by atoms with van der Waals surface area (Å²) in [4.78, 5) is 31.7. The standard InChI is InChI=1S/C22H19FN4O3/c1-24-20(28)15-10-26-18-5-16(23)13(12-2-3-17(21(29)30)25-9-12)4-14(18)19(15)27-22-6-11(7-22)8-22/h2-5,9-11H,6-8H2,1H3,(H,24,28)(H,26,27)(H,29,30). The van der Waals surface area contributed by atoms with Crippen LogP contribution in [0.25, 0.3) is 22.0 Å². The molecule has 1 amide bonds. The fraction of sp³-hybridized carbons (Fsp3) is 0.273. The molecule has 3 aliphatic rings. The van der Waals surface area contributed by atoms with Crippen molar-refractivity contribution in [1.29, 1.82) is 0 Å². The predicted octanol–water partition coefficient (Wildman–Crippen LogP) is 3.46. The molecule has 1 aromatic carbocycles. The molecule has 6 rings (SSSR count). The topological polar surface area (TPSA) is 104 Å². The summed E-state index contributed by atoms with van der Waals surface area (Å²) in [6.07, 6.45) is 6.01. The van der Waals surface area contributed by atoms with Gasteiger partial charge in [-0.05, 0) is 37.3 Å².